The molecule has 1 unspecified atom stereocenters. The Labute approximate surface area is 123 Å². The van der Waals surface area contributed by atoms with Crippen LogP contribution in [0.1, 0.15) is 36.0 Å². The van der Waals surface area contributed by atoms with Crippen LogP contribution in [0.2, 0.25) is 0 Å². The van der Waals surface area contributed by atoms with E-state index in [1.807, 2.05) is 0 Å². The highest BCUT2D eigenvalue weighted by Gasteiger charge is 2.31. The number of esters is 2. The van der Waals surface area contributed by atoms with E-state index in [1.165, 1.54) is 0 Å². The fourth-order valence-corrected chi connectivity index (χ4v) is 2.21. The van der Waals surface area contributed by atoms with Crippen molar-refractivity contribution in [1.29, 1.82) is 0 Å². The molecular formula is C16H18O5. The van der Waals surface area contributed by atoms with Gasteiger partial charge in [0, 0.05) is 6.61 Å². The van der Waals surface area contributed by atoms with Crippen LogP contribution in [0.3, 0.4) is 0 Å². The van der Waals surface area contributed by atoms with Gasteiger partial charge in [-0.2, -0.15) is 0 Å². The smallest absolute Gasteiger partial charge is 0.338 e. The van der Waals surface area contributed by atoms with Crippen LogP contribution < -0.4 is 4.74 Å². The predicted molar refractivity (Wildman–Crippen MR) is 74.1 cm³/mol. The van der Waals surface area contributed by atoms with Crippen LogP contribution in [0.25, 0.3) is 0 Å². The molecule has 0 spiro atoms. The summed E-state index contributed by atoms with van der Waals surface area (Å²) in [5.74, 6) is -0.0575. The average Bonchev–Trinajstić information content (AvgIpc) is 3.23. The first kappa shape index (κ1) is 14.1. The van der Waals surface area contributed by atoms with Crippen LogP contribution in [-0.4, -0.2) is 31.3 Å². The van der Waals surface area contributed by atoms with Gasteiger partial charge in [-0.05, 0) is 49.9 Å². The molecule has 1 aromatic carbocycles. The van der Waals surface area contributed by atoms with Crippen molar-refractivity contribution in [3.63, 3.8) is 0 Å². The van der Waals surface area contributed by atoms with E-state index in [0.717, 1.165) is 32.3 Å². The molecule has 1 atom stereocenters. The van der Waals surface area contributed by atoms with Gasteiger partial charge in [-0.3, -0.25) is 4.79 Å². The molecule has 2 fully saturated rings. The zero-order valence-electron chi connectivity index (χ0n) is 11.7. The summed E-state index contributed by atoms with van der Waals surface area (Å²) in [7, 11) is 0. The number of hydrogen-bond acceptors (Lipinski definition) is 5. The first-order valence-electron chi connectivity index (χ1n) is 7.33. The minimum Gasteiger partial charge on any atom is -0.459 e. The molecule has 1 aromatic rings. The van der Waals surface area contributed by atoms with Crippen LogP contribution in [-0.2, 0) is 14.3 Å². The summed E-state index contributed by atoms with van der Waals surface area (Å²) in [5.41, 5.74) is 0.444. The summed E-state index contributed by atoms with van der Waals surface area (Å²) in [5, 5.41) is 0. The molecule has 0 radical (unpaired) electrons. The number of rotatable bonds is 5. The first-order valence-corrected chi connectivity index (χ1v) is 7.33. The van der Waals surface area contributed by atoms with Crippen molar-refractivity contribution >= 4 is 11.9 Å². The van der Waals surface area contributed by atoms with Crippen molar-refractivity contribution in [3.8, 4) is 5.75 Å². The van der Waals surface area contributed by atoms with E-state index < -0.39 is 0 Å². The second kappa shape index (κ2) is 6.26. The lowest BCUT2D eigenvalue weighted by molar-refractivity contribution is -0.135. The van der Waals surface area contributed by atoms with Crippen molar-refractivity contribution in [2.75, 3.05) is 13.2 Å². The number of hydrogen-bond donors (Lipinski definition) is 0. The van der Waals surface area contributed by atoms with Crippen molar-refractivity contribution in [2.24, 2.45) is 5.92 Å². The lowest BCUT2D eigenvalue weighted by Gasteiger charge is -2.10. The molecule has 1 aliphatic carbocycles. The van der Waals surface area contributed by atoms with E-state index in [2.05, 4.69) is 0 Å². The van der Waals surface area contributed by atoms with Crippen LogP contribution in [0, 0.1) is 5.92 Å². The van der Waals surface area contributed by atoms with E-state index in [4.69, 9.17) is 14.2 Å². The van der Waals surface area contributed by atoms with Crippen LogP contribution in [0.4, 0.5) is 0 Å². The van der Waals surface area contributed by atoms with E-state index in [0.29, 0.717) is 11.3 Å². The molecule has 21 heavy (non-hydrogen) atoms. The van der Waals surface area contributed by atoms with Crippen molar-refractivity contribution in [1.82, 2.24) is 0 Å². The summed E-state index contributed by atoms with van der Waals surface area (Å²) in [6.07, 6.45) is 3.79. The molecule has 0 bridgehead atoms. The summed E-state index contributed by atoms with van der Waals surface area (Å²) in [4.78, 5) is 23.4. The molecule has 112 valence electrons. The third-order valence-corrected chi connectivity index (χ3v) is 3.64. The van der Waals surface area contributed by atoms with Gasteiger partial charge >= 0.3 is 11.9 Å². The maximum absolute atomic E-state index is 11.9. The Morgan fingerprint density at radius 2 is 1.90 bits per heavy atom. The van der Waals surface area contributed by atoms with Crippen molar-refractivity contribution in [2.45, 2.75) is 31.8 Å². The van der Waals surface area contributed by atoms with Crippen LogP contribution >= 0.6 is 0 Å². The third-order valence-electron chi connectivity index (χ3n) is 3.64. The molecule has 0 aromatic heterocycles. The minimum absolute atomic E-state index is 0.0210. The van der Waals surface area contributed by atoms with Crippen LogP contribution in [0.5, 0.6) is 5.75 Å². The highest BCUT2D eigenvalue weighted by Crippen LogP contribution is 2.30. The Balaban J connectivity index is 1.50. The molecule has 5 nitrogen and oxygen atoms in total. The van der Waals surface area contributed by atoms with Gasteiger partial charge in [0.2, 0.25) is 0 Å². The van der Waals surface area contributed by atoms with Gasteiger partial charge in [-0.15, -0.1) is 0 Å². The zero-order chi connectivity index (χ0) is 14.7. The summed E-state index contributed by atoms with van der Waals surface area (Å²) < 4.78 is 15.8. The summed E-state index contributed by atoms with van der Waals surface area (Å²) in [6, 6.07) is 6.44. The monoisotopic (exact) mass is 290 g/mol. The Kier molecular flexibility index (Phi) is 4.20. The Morgan fingerprint density at radius 3 is 2.52 bits per heavy atom. The Hall–Kier alpha value is -1.88. The molecule has 3 rings (SSSR count). The summed E-state index contributed by atoms with van der Waals surface area (Å²) >= 11 is 0. The normalized spacial score (nSPS) is 21.0. The number of benzene rings is 1. The lowest BCUT2D eigenvalue weighted by Crippen LogP contribution is -2.17. The van der Waals surface area contributed by atoms with Gasteiger partial charge in [0.1, 0.15) is 12.4 Å². The zero-order valence-corrected chi connectivity index (χ0v) is 11.7. The minimum atomic E-state index is -0.384. The highest BCUT2D eigenvalue weighted by molar-refractivity contribution is 5.89. The maximum atomic E-state index is 11.9. The van der Waals surface area contributed by atoms with Gasteiger partial charge in [-0.1, -0.05) is 0 Å². The lowest BCUT2D eigenvalue weighted by atomic mass is 10.2. The number of carbonyl (C=O) groups excluding carboxylic acids is 2. The Bertz CT molecular complexity index is 512. The fourth-order valence-electron chi connectivity index (χ4n) is 2.21. The average molecular weight is 290 g/mol. The summed E-state index contributed by atoms with van der Waals surface area (Å²) in [6.45, 7) is 1.03. The van der Waals surface area contributed by atoms with Gasteiger partial charge in [-0.25, -0.2) is 4.79 Å². The van der Waals surface area contributed by atoms with Gasteiger partial charge in [0.05, 0.1) is 17.6 Å². The molecule has 2 aliphatic rings. The largest absolute Gasteiger partial charge is 0.459 e. The SMILES string of the molecule is O=C(OCC1CCCO1)c1ccc(OC(=O)C2CC2)cc1. The third kappa shape index (κ3) is 3.82. The molecule has 1 saturated carbocycles. The fraction of sp³-hybridized carbons (Fsp3) is 0.500. The number of ether oxygens (including phenoxy) is 3. The predicted octanol–water partition coefficient (Wildman–Crippen LogP) is 2.34. The molecule has 1 heterocycles. The van der Waals surface area contributed by atoms with Crippen molar-refractivity contribution < 1.29 is 23.8 Å². The van der Waals surface area contributed by atoms with E-state index in [1.54, 1.807) is 24.3 Å². The van der Waals surface area contributed by atoms with E-state index in [-0.39, 0.29) is 30.6 Å². The quantitative estimate of drug-likeness (QED) is 0.615. The van der Waals surface area contributed by atoms with Crippen LogP contribution in [0.15, 0.2) is 24.3 Å². The molecular weight excluding hydrogens is 272 g/mol. The van der Waals surface area contributed by atoms with E-state index >= 15 is 0 Å². The van der Waals surface area contributed by atoms with Gasteiger partial charge in [0.15, 0.2) is 0 Å². The standard InChI is InChI=1S/C16H18O5/c17-15(20-10-14-2-1-9-19-14)11-5-7-13(8-6-11)21-16(18)12-3-4-12/h5-8,12,14H,1-4,9-10H2. The highest BCUT2D eigenvalue weighted by atomic mass is 16.6. The second-order valence-corrected chi connectivity index (χ2v) is 5.45. The molecule has 0 amide bonds. The topological polar surface area (TPSA) is 61.8 Å². The van der Waals surface area contributed by atoms with Crippen molar-refractivity contribution in [3.05, 3.63) is 29.8 Å². The van der Waals surface area contributed by atoms with Gasteiger partial charge in [0.25, 0.3) is 0 Å². The Morgan fingerprint density at radius 1 is 1.14 bits per heavy atom. The molecule has 5 heteroatoms. The molecule has 0 N–H and O–H groups in total. The number of carbonyl (C=O) groups is 2. The maximum Gasteiger partial charge on any atom is 0.338 e. The molecule has 1 aliphatic heterocycles. The van der Waals surface area contributed by atoms with Gasteiger partial charge < -0.3 is 14.2 Å². The first-order chi connectivity index (χ1) is 10.2. The van der Waals surface area contributed by atoms with E-state index in [9.17, 15) is 9.59 Å². The second-order valence-electron chi connectivity index (χ2n) is 5.45. The molecule has 1 saturated heterocycles.